The van der Waals surface area contributed by atoms with Crippen molar-refractivity contribution in [1.29, 1.82) is 0 Å². The Morgan fingerprint density at radius 2 is 1.89 bits per heavy atom. The van der Waals surface area contributed by atoms with E-state index >= 15 is 0 Å². The fourth-order valence-electron chi connectivity index (χ4n) is 4.97. The predicted octanol–water partition coefficient (Wildman–Crippen LogP) is 5.98. The summed E-state index contributed by atoms with van der Waals surface area (Å²) in [6.07, 6.45) is 6.00. The molecule has 1 amide bonds. The summed E-state index contributed by atoms with van der Waals surface area (Å²) in [6.45, 7) is 4.40. The molecule has 2 aromatic heterocycles. The largest absolute Gasteiger partial charge is 0.467 e. The highest BCUT2D eigenvalue weighted by molar-refractivity contribution is 7.98. The number of hydrogen-bond donors (Lipinski definition) is 1. The quantitative estimate of drug-likeness (QED) is 0.269. The van der Waals surface area contributed by atoms with Crippen molar-refractivity contribution < 1.29 is 14.3 Å². The van der Waals surface area contributed by atoms with E-state index in [2.05, 4.69) is 66.6 Å². The highest BCUT2D eigenvalue weighted by Crippen LogP contribution is 2.30. The normalized spacial score (nSPS) is 14.2. The van der Waals surface area contributed by atoms with Gasteiger partial charge in [0.1, 0.15) is 11.6 Å². The van der Waals surface area contributed by atoms with Gasteiger partial charge in [-0.2, -0.15) is 0 Å². The zero-order valence-electron chi connectivity index (χ0n) is 22.1. The van der Waals surface area contributed by atoms with E-state index in [1.165, 1.54) is 10.5 Å². The number of aliphatic hydroxyl groups excluding tert-OH is 1. The van der Waals surface area contributed by atoms with Crippen LogP contribution in [0.25, 0.3) is 10.9 Å². The summed E-state index contributed by atoms with van der Waals surface area (Å²) in [4.78, 5) is 24.0. The molecule has 1 aliphatic heterocycles. The lowest BCUT2D eigenvalue weighted by Crippen LogP contribution is -2.38. The summed E-state index contributed by atoms with van der Waals surface area (Å²) in [6, 6.07) is 20.7. The third kappa shape index (κ3) is 6.40. The SMILES string of the molecule is CSc1ccc2cc(CN(Cc3ccco3)C(=O)CCc3ccc(C)cc3)c(N3CCC(O)CC3)nc2c1. The first-order valence-electron chi connectivity index (χ1n) is 13.2. The van der Waals surface area contributed by atoms with E-state index in [-0.39, 0.29) is 12.0 Å². The molecule has 4 aromatic rings. The smallest absolute Gasteiger partial charge is 0.223 e. The maximum absolute atomic E-state index is 13.6. The summed E-state index contributed by atoms with van der Waals surface area (Å²) >= 11 is 1.70. The van der Waals surface area contributed by atoms with Crippen molar-refractivity contribution in [2.75, 3.05) is 24.2 Å². The van der Waals surface area contributed by atoms with Gasteiger partial charge in [0.25, 0.3) is 0 Å². The molecule has 2 aromatic carbocycles. The van der Waals surface area contributed by atoms with Gasteiger partial charge in [-0.1, -0.05) is 35.9 Å². The Bertz CT molecular complexity index is 1360. The number of aromatic nitrogens is 1. The lowest BCUT2D eigenvalue weighted by atomic mass is 10.0. The molecular formula is C31H35N3O3S. The Morgan fingerprint density at radius 3 is 2.61 bits per heavy atom. The first-order chi connectivity index (χ1) is 18.5. The Hall–Kier alpha value is -3.29. The van der Waals surface area contributed by atoms with Crippen LogP contribution in [0.5, 0.6) is 0 Å². The number of thioether (sulfide) groups is 1. The second-order valence-corrected chi connectivity index (χ2v) is 10.9. The molecule has 0 saturated carbocycles. The van der Waals surface area contributed by atoms with E-state index in [9.17, 15) is 9.90 Å². The average Bonchev–Trinajstić information content (AvgIpc) is 3.45. The van der Waals surface area contributed by atoms with Gasteiger partial charge in [0.15, 0.2) is 0 Å². The first-order valence-corrected chi connectivity index (χ1v) is 14.5. The minimum absolute atomic E-state index is 0.0832. The van der Waals surface area contributed by atoms with Crippen molar-refractivity contribution in [3.8, 4) is 0 Å². The van der Waals surface area contributed by atoms with Crippen molar-refractivity contribution >= 4 is 34.4 Å². The van der Waals surface area contributed by atoms with Gasteiger partial charge in [0, 0.05) is 41.9 Å². The summed E-state index contributed by atoms with van der Waals surface area (Å²) in [5, 5.41) is 11.2. The summed E-state index contributed by atoms with van der Waals surface area (Å²) in [7, 11) is 0. The van der Waals surface area contributed by atoms with E-state index < -0.39 is 0 Å². The molecule has 0 atom stereocenters. The Morgan fingerprint density at radius 1 is 1.11 bits per heavy atom. The third-order valence-electron chi connectivity index (χ3n) is 7.23. The number of carbonyl (C=O) groups is 1. The predicted molar refractivity (Wildman–Crippen MR) is 153 cm³/mol. The first kappa shape index (κ1) is 26.3. The number of anilines is 1. The number of pyridine rings is 1. The average molecular weight is 530 g/mol. The van der Waals surface area contributed by atoms with Gasteiger partial charge in [-0.25, -0.2) is 4.98 Å². The summed E-state index contributed by atoms with van der Waals surface area (Å²) in [5.41, 5.74) is 4.34. The molecule has 3 heterocycles. The van der Waals surface area contributed by atoms with E-state index in [1.54, 1.807) is 18.0 Å². The summed E-state index contributed by atoms with van der Waals surface area (Å²) in [5.74, 6) is 1.74. The fraction of sp³-hybridized carbons (Fsp3) is 0.355. The Kier molecular flexibility index (Phi) is 8.35. The topological polar surface area (TPSA) is 69.8 Å². The molecule has 7 heteroatoms. The third-order valence-corrected chi connectivity index (χ3v) is 7.96. The number of piperidine rings is 1. The van der Waals surface area contributed by atoms with Crippen LogP contribution in [0, 0.1) is 6.92 Å². The minimum atomic E-state index is -0.267. The lowest BCUT2D eigenvalue weighted by molar-refractivity contribution is -0.132. The molecule has 0 unspecified atom stereocenters. The van der Waals surface area contributed by atoms with Crippen LogP contribution < -0.4 is 4.90 Å². The van der Waals surface area contributed by atoms with E-state index in [0.29, 0.717) is 25.9 Å². The van der Waals surface area contributed by atoms with Crippen molar-refractivity contribution in [2.24, 2.45) is 0 Å². The zero-order chi connectivity index (χ0) is 26.5. The van der Waals surface area contributed by atoms with Gasteiger partial charge in [-0.3, -0.25) is 4.79 Å². The van der Waals surface area contributed by atoms with Gasteiger partial charge < -0.3 is 19.3 Å². The molecule has 0 bridgehead atoms. The molecule has 1 N–H and O–H groups in total. The van der Waals surface area contributed by atoms with Crippen molar-refractivity contribution in [3.63, 3.8) is 0 Å². The number of furan rings is 1. The number of carbonyl (C=O) groups excluding carboxylic acids is 1. The van der Waals surface area contributed by atoms with Crippen LogP contribution in [0.4, 0.5) is 5.82 Å². The fourth-order valence-corrected chi connectivity index (χ4v) is 5.40. The van der Waals surface area contributed by atoms with Gasteiger partial charge in [-0.15, -0.1) is 11.8 Å². The molecule has 0 spiro atoms. The number of aliphatic hydroxyl groups is 1. The Balaban J connectivity index is 1.45. The highest BCUT2D eigenvalue weighted by Gasteiger charge is 2.24. The molecule has 1 aliphatic rings. The maximum atomic E-state index is 13.6. The van der Waals surface area contributed by atoms with Crippen LogP contribution in [-0.2, 0) is 24.3 Å². The zero-order valence-corrected chi connectivity index (χ0v) is 22.9. The van der Waals surface area contributed by atoms with Crippen LogP contribution in [-0.4, -0.2) is 46.3 Å². The Labute approximate surface area is 228 Å². The highest BCUT2D eigenvalue weighted by atomic mass is 32.2. The lowest BCUT2D eigenvalue weighted by Gasteiger charge is -2.33. The number of amides is 1. The van der Waals surface area contributed by atoms with E-state index in [1.807, 2.05) is 17.0 Å². The van der Waals surface area contributed by atoms with Crippen LogP contribution in [0.1, 0.15) is 41.7 Å². The molecule has 0 radical (unpaired) electrons. The molecular weight excluding hydrogens is 494 g/mol. The van der Waals surface area contributed by atoms with Crippen molar-refractivity contribution in [2.45, 2.75) is 56.7 Å². The monoisotopic (exact) mass is 529 g/mol. The molecule has 38 heavy (non-hydrogen) atoms. The van der Waals surface area contributed by atoms with Crippen LogP contribution in [0.3, 0.4) is 0 Å². The van der Waals surface area contributed by atoms with Crippen molar-refractivity contribution in [3.05, 3.63) is 89.4 Å². The number of rotatable bonds is 9. The molecule has 5 rings (SSSR count). The minimum Gasteiger partial charge on any atom is -0.467 e. The molecule has 6 nitrogen and oxygen atoms in total. The second kappa shape index (κ2) is 12.0. The van der Waals surface area contributed by atoms with Gasteiger partial charge in [0.05, 0.1) is 24.4 Å². The van der Waals surface area contributed by atoms with E-state index in [4.69, 9.17) is 9.40 Å². The van der Waals surface area contributed by atoms with Gasteiger partial charge >= 0.3 is 0 Å². The van der Waals surface area contributed by atoms with Gasteiger partial charge in [0.2, 0.25) is 5.91 Å². The number of aryl methyl sites for hydroxylation is 2. The van der Waals surface area contributed by atoms with Crippen LogP contribution in [0.2, 0.25) is 0 Å². The molecule has 198 valence electrons. The molecule has 1 fully saturated rings. The van der Waals surface area contributed by atoms with Gasteiger partial charge in [-0.05, 0) is 68.3 Å². The number of nitrogens with zero attached hydrogens (tertiary/aromatic N) is 3. The van der Waals surface area contributed by atoms with Crippen molar-refractivity contribution in [1.82, 2.24) is 9.88 Å². The molecule has 1 saturated heterocycles. The number of benzene rings is 2. The standard InChI is InChI=1S/C31H35N3O3S/c1-22-5-7-23(8-6-22)9-12-30(36)34(21-27-4-3-17-37-27)20-25-18-24-10-11-28(38-2)19-29(24)32-31(25)33-15-13-26(35)14-16-33/h3-8,10-11,17-19,26,35H,9,12-16,20-21H2,1-2H3. The number of fused-ring (bicyclic) bond motifs is 1. The number of hydrogen-bond acceptors (Lipinski definition) is 6. The van der Waals surface area contributed by atoms with E-state index in [0.717, 1.165) is 59.5 Å². The summed E-state index contributed by atoms with van der Waals surface area (Å²) < 4.78 is 5.63. The van der Waals surface area contributed by atoms with Crippen LogP contribution in [0.15, 0.2) is 76.2 Å². The van der Waals surface area contributed by atoms with Crippen LogP contribution >= 0.6 is 11.8 Å². The maximum Gasteiger partial charge on any atom is 0.223 e. The molecule has 0 aliphatic carbocycles. The second-order valence-electron chi connectivity index (χ2n) is 10.1.